The SMILES string of the molecule is CCc1cc(OCC2CCO2)cc2ccccc12. The van der Waals surface area contributed by atoms with Crippen molar-refractivity contribution in [3.63, 3.8) is 0 Å². The van der Waals surface area contributed by atoms with E-state index in [-0.39, 0.29) is 0 Å². The quantitative estimate of drug-likeness (QED) is 0.816. The number of aryl methyl sites for hydroxylation is 1. The molecule has 18 heavy (non-hydrogen) atoms. The zero-order valence-corrected chi connectivity index (χ0v) is 10.7. The minimum Gasteiger partial charge on any atom is -0.491 e. The summed E-state index contributed by atoms with van der Waals surface area (Å²) in [4.78, 5) is 0. The molecule has 2 heteroatoms. The molecule has 0 amide bonds. The number of hydrogen-bond acceptors (Lipinski definition) is 2. The molecule has 2 aromatic carbocycles. The molecule has 1 unspecified atom stereocenters. The lowest BCUT2D eigenvalue weighted by Crippen LogP contribution is -2.32. The van der Waals surface area contributed by atoms with E-state index in [1.165, 1.54) is 16.3 Å². The van der Waals surface area contributed by atoms with Crippen LogP contribution in [0.1, 0.15) is 18.9 Å². The molecule has 0 radical (unpaired) electrons. The summed E-state index contributed by atoms with van der Waals surface area (Å²) in [6.07, 6.45) is 2.44. The van der Waals surface area contributed by atoms with Gasteiger partial charge in [-0.1, -0.05) is 31.2 Å². The summed E-state index contributed by atoms with van der Waals surface area (Å²) in [5, 5.41) is 2.58. The van der Waals surface area contributed by atoms with Gasteiger partial charge in [0.05, 0.1) is 6.10 Å². The first-order valence-electron chi connectivity index (χ1n) is 6.63. The van der Waals surface area contributed by atoms with Gasteiger partial charge in [0.2, 0.25) is 0 Å². The van der Waals surface area contributed by atoms with Gasteiger partial charge >= 0.3 is 0 Å². The molecular weight excluding hydrogens is 224 g/mol. The second-order valence-corrected chi connectivity index (χ2v) is 4.75. The highest BCUT2D eigenvalue weighted by molar-refractivity contribution is 5.87. The van der Waals surface area contributed by atoms with E-state index in [1.807, 2.05) is 0 Å². The average Bonchev–Trinajstić information content (AvgIpc) is 2.36. The third-order valence-corrected chi connectivity index (χ3v) is 3.53. The van der Waals surface area contributed by atoms with Crippen molar-refractivity contribution in [2.24, 2.45) is 0 Å². The second kappa shape index (κ2) is 4.99. The molecule has 0 aromatic heterocycles. The largest absolute Gasteiger partial charge is 0.491 e. The van der Waals surface area contributed by atoms with Crippen LogP contribution in [0, 0.1) is 0 Å². The maximum atomic E-state index is 5.84. The normalized spacial score (nSPS) is 18.6. The predicted molar refractivity (Wildman–Crippen MR) is 73.2 cm³/mol. The fraction of sp³-hybridized carbons (Fsp3) is 0.375. The van der Waals surface area contributed by atoms with E-state index in [0.717, 1.165) is 25.2 Å². The number of ether oxygens (including phenoxy) is 2. The van der Waals surface area contributed by atoms with Crippen LogP contribution in [0.25, 0.3) is 10.8 Å². The lowest BCUT2D eigenvalue weighted by atomic mass is 10.0. The smallest absolute Gasteiger partial charge is 0.120 e. The van der Waals surface area contributed by atoms with Gasteiger partial charge < -0.3 is 9.47 Å². The first-order valence-corrected chi connectivity index (χ1v) is 6.63. The summed E-state index contributed by atoms with van der Waals surface area (Å²) in [6, 6.07) is 12.7. The van der Waals surface area contributed by atoms with Gasteiger partial charge in [0.1, 0.15) is 12.4 Å². The van der Waals surface area contributed by atoms with E-state index in [9.17, 15) is 0 Å². The molecule has 1 aliphatic heterocycles. The van der Waals surface area contributed by atoms with Crippen molar-refractivity contribution in [1.29, 1.82) is 0 Å². The maximum absolute atomic E-state index is 5.84. The minimum absolute atomic E-state index is 0.293. The zero-order valence-electron chi connectivity index (χ0n) is 10.7. The van der Waals surface area contributed by atoms with Crippen molar-refractivity contribution >= 4 is 10.8 Å². The van der Waals surface area contributed by atoms with E-state index in [2.05, 4.69) is 43.3 Å². The van der Waals surface area contributed by atoms with Crippen LogP contribution in [0.15, 0.2) is 36.4 Å². The molecule has 0 bridgehead atoms. The molecule has 1 fully saturated rings. The molecule has 1 saturated heterocycles. The van der Waals surface area contributed by atoms with Crippen LogP contribution in [0.3, 0.4) is 0 Å². The van der Waals surface area contributed by atoms with Crippen molar-refractivity contribution < 1.29 is 9.47 Å². The third kappa shape index (κ3) is 2.21. The van der Waals surface area contributed by atoms with Gasteiger partial charge in [-0.05, 0) is 34.9 Å². The number of benzene rings is 2. The Morgan fingerprint density at radius 2 is 2.11 bits per heavy atom. The Balaban J connectivity index is 1.87. The first kappa shape index (κ1) is 11.5. The highest BCUT2D eigenvalue weighted by Crippen LogP contribution is 2.26. The van der Waals surface area contributed by atoms with Gasteiger partial charge in [-0.3, -0.25) is 0 Å². The molecule has 2 nitrogen and oxygen atoms in total. The van der Waals surface area contributed by atoms with Crippen LogP contribution >= 0.6 is 0 Å². The van der Waals surface area contributed by atoms with Crippen molar-refractivity contribution in [2.45, 2.75) is 25.9 Å². The third-order valence-electron chi connectivity index (χ3n) is 3.53. The number of fused-ring (bicyclic) bond motifs is 1. The monoisotopic (exact) mass is 242 g/mol. The van der Waals surface area contributed by atoms with Crippen molar-refractivity contribution in [3.8, 4) is 5.75 Å². The van der Waals surface area contributed by atoms with Gasteiger partial charge in [-0.2, -0.15) is 0 Å². The lowest BCUT2D eigenvalue weighted by Gasteiger charge is -2.26. The van der Waals surface area contributed by atoms with Crippen LogP contribution in [-0.2, 0) is 11.2 Å². The van der Waals surface area contributed by atoms with Gasteiger partial charge in [0.15, 0.2) is 0 Å². The molecule has 1 aliphatic rings. The summed E-state index contributed by atoms with van der Waals surface area (Å²) in [6.45, 7) is 3.73. The van der Waals surface area contributed by atoms with Crippen molar-refractivity contribution in [1.82, 2.24) is 0 Å². The van der Waals surface area contributed by atoms with E-state index in [0.29, 0.717) is 12.7 Å². The standard InChI is InChI=1S/C16H18O2/c1-2-12-9-15(18-11-14-7-8-17-14)10-13-5-3-4-6-16(12)13/h3-6,9-10,14H,2,7-8,11H2,1H3. The molecule has 2 aromatic rings. The molecule has 94 valence electrons. The Kier molecular flexibility index (Phi) is 3.20. The molecule has 1 heterocycles. The summed E-state index contributed by atoms with van der Waals surface area (Å²) >= 11 is 0. The van der Waals surface area contributed by atoms with E-state index >= 15 is 0 Å². The van der Waals surface area contributed by atoms with Gasteiger partial charge in [-0.25, -0.2) is 0 Å². The maximum Gasteiger partial charge on any atom is 0.120 e. The second-order valence-electron chi connectivity index (χ2n) is 4.75. The van der Waals surface area contributed by atoms with Gasteiger partial charge in [-0.15, -0.1) is 0 Å². The van der Waals surface area contributed by atoms with Crippen LogP contribution in [-0.4, -0.2) is 19.3 Å². The molecule has 3 rings (SSSR count). The van der Waals surface area contributed by atoms with E-state index in [1.54, 1.807) is 0 Å². The lowest BCUT2D eigenvalue weighted by molar-refractivity contribution is -0.0720. The van der Waals surface area contributed by atoms with E-state index < -0.39 is 0 Å². The molecular formula is C16H18O2. The topological polar surface area (TPSA) is 18.5 Å². The Bertz CT molecular complexity index is 544. The summed E-state index contributed by atoms with van der Waals surface area (Å²) in [5.41, 5.74) is 1.35. The van der Waals surface area contributed by atoms with E-state index in [4.69, 9.17) is 9.47 Å². The zero-order chi connectivity index (χ0) is 12.4. The fourth-order valence-corrected chi connectivity index (χ4v) is 2.34. The Morgan fingerprint density at radius 3 is 2.83 bits per heavy atom. The van der Waals surface area contributed by atoms with Crippen LogP contribution in [0.4, 0.5) is 0 Å². The van der Waals surface area contributed by atoms with Gasteiger partial charge in [0, 0.05) is 13.0 Å². The van der Waals surface area contributed by atoms with Crippen LogP contribution < -0.4 is 4.74 Å². The molecule has 1 atom stereocenters. The molecule has 0 saturated carbocycles. The van der Waals surface area contributed by atoms with Crippen molar-refractivity contribution in [3.05, 3.63) is 42.0 Å². The molecule has 0 spiro atoms. The number of hydrogen-bond donors (Lipinski definition) is 0. The highest BCUT2D eigenvalue weighted by Gasteiger charge is 2.18. The summed E-state index contributed by atoms with van der Waals surface area (Å²) in [5.74, 6) is 0.959. The summed E-state index contributed by atoms with van der Waals surface area (Å²) < 4.78 is 11.2. The first-order chi connectivity index (χ1) is 8.86. The number of rotatable bonds is 4. The Labute approximate surface area is 108 Å². The predicted octanol–water partition coefficient (Wildman–Crippen LogP) is 3.57. The Morgan fingerprint density at radius 1 is 1.28 bits per heavy atom. The fourth-order valence-electron chi connectivity index (χ4n) is 2.34. The van der Waals surface area contributed by atoms with Crippen molar-refractivity contribution in [2.75, 3.05) is 13.2 Å². The molecule has 0 N–H and O–H groups in total. The summed E-state index contributed by atoms with van der Waals surface area (Å²) in [7, 11) is 0. The molecule has 0 aliphatic carbocycles. The average molecular weight is 242 g/mol. The minimum atomic E-state index is 0.293. The van der Waals surface area contributed by atoms with Gasteiger partial charge in [0.25, 0.3) is 0 Å². The Hall–Kier alpha value is -1.54. The van der Waals surface area contributed by atoms with Crippen LogP contribution in [0.5, 0.6) is 5.75 Å². The highest BCUT2D eigenvalue weighted by atomic mass is 16.5. The van der Waals surface area contributed by atoms with Crippen LogP contribution in [0.2, 0.25) is 0 Å².